The zero-order valence-corrected chi connectivity index (χ0v) is 51.3. The lowest BCUT2D eigenvalue weighted by molar-refractivity contribution is 0.768. The van der Waals surface area contributed by atoms with Crippen LogP contribution < -0.4 is 9.80 Å². The number of benzene rings is 14. The first-order chi connectivity index (χ1) is 46.0. The predicted molar refractivity (Wildman–Crippen MR) is 387 cm³/mol. The molecule has 2 heteroatoms. The van der Waals surface area contributed by atoms with Crippen molar-refractivity contribution in [1.29, 1.82) is 0 Å². The molecule has 1 spiro atoms. The van der Waals surface area contributed by atoms with Gasteiger partial charge in [-0.15, -0.1) is 0 Å². The Bertz CT molecular complexity index is 4970. The quantitative estimate of drug-likeness (QED) is 0.120. The number of anilines is 6. The van der Waals surface area contributed by atoms with E-state index in [1.807, 2.05) is 12.2 Å². The van der Waals surface area contributed by atoms with E-state index in [4.69, 9.17) is 0 Å². The molecule has 0 heterocycles. The molecule has 93 heavy (non-hydrogen) atoms. The van der Waals surface area contributed by atoms with E-state index in [2.05, 4.69) is 363 Å². The van der Waals surface area contributed by atoms with Crippen LogP contribution in [-0.2, 0) is 16.2 Å². The summed E-state index contributed by atoms with van der Waals surface area (Å²) in [5, 5.41) is 0. The Balaban J connectivity index is 0.848. The first kappa shape index (κ1) is 54.1. The van der Waals surface area contributed by atoms with Gasteiger partial charge in [0, 0.05) is 34.1 Å². The van der Waals surface area contributed by atoms with Crippen LogP contribution in [0.1, 0.15) is 77.9 Å². The summed E-state index contributed by atoms with van der Waals surface area (Å²) < 4.78 is 0. The fourth-order valence-corrected chi connectivity index (χ4v) is 16.9. The first-order valence-corrected chi connectivity index (χ1v) is 32.3. The molecule has 0 aromatic heterocycles. The lowest BCUT2D eigenvalue weighted by Gasteiger charge is -2.35. The van der Waals surface area contributed by atoms with E-state index in [0.717, 1.165) is 45.3 Å². The molecule has 436 valence electrons. The lowest BCUT2D eigenvalue weighted by Crippen LogP contribution is -2.29. The molecule has 14 aromatic rings. The van der Waals surface area contributed by atoms with Gasteiger partial charge >= 0.3 is 0 Å². The zero-order chi connectivity index (χ0) is 61.8. The maximum Gasteiger partial charge on any atom is 0.0727 e. The molecule has 0 fully saturated rings. The van der Waals surface area contributed by atoms with Crippen molar-refractivity contribution in [3.63, 3.8) is 0 Å². The average molecular weight is 1180 g/mol. The van der Waals surface area contributed by atoms with Gasteiger partial charge in [0.2, 0.25) is 0 Å². The smallest absolute Gasteiger partial charge is 0.0727 e. The van der Waals surface area contributed by atoms with E-state index < -0.39 is 16.2 Å². The maximum atomic E-state index is 4.14. The molecule has 0 bridgehead atoms. The Morgan fingerprint density at radius 1 is 0.194 bits per heavy atom. The van der Waals surface area contributed by atoms with E-state index >= 15 is 0 Å². The Kier molecular flexibility index (Phi) is 12.3. The van der Waals surface area contributed by atoms with Crippen molar-refractivity contribution in [2.24, 2.45) is 0 Å². The largest absolute Gasteiger partial charge is 0.310 e. The molecule has 0 amide bonds. The molecule has 4 aliphatic rings. The average Bonchev–Trinajstić information content (AvgIpc) is 1.54. The minimum atomic E-state index is -0.687. The molecular weight excluding hydrogens is 1120 g/mol. The SMILES string of the molecule is C=Cc1ccc(C2(c3ccccc3)c3ccccc3-c3ccc(N(c4ccccc4)c4ccc5c(c4)C4(c6ccccc6-5)c5ccccc5-c5ccc(N(c6ccccc6)c6ccc7c(c6)C(c6ccccc6)(c6ccc(C=C)cc6)c6ccccc6-7)cc54)cc32)cc1. The second-order valence-electron chi connectivity index (χ2n) is 25.1. The Hall–Kier alpha value is -11.8. The number of para-hydroxylation sites is 2. The van der Waals surface area contributed by atoms with Crippen LogP contribution in [-0.4, -0.2) is 0 Å². The highest BCUT2D eigenvalue weighted by Gasteiger charge is 2.53. The summed E-state index contributed by atoms with van der Waals surface area (Å²) in [6.07, 6.45) is 3.86. The molecule has 0 radical (unpaired) electrons. The van der Waals surface area contributed by atoms with Gasteiger partial charge < -0.3 is 9.80 Å². The van der Waals surface area contributed by atoms with E-state index in [1.165, 1.54) is 111 Å². The van der Waals surface area contributed by atoms with Gasteiger partial charge in [-0.3, -0.25) is 0 Å². The topological polar surface area (TPSA) is 6.48 Å². The van der Waals surface area contributed by atoms with Crippen molar-refractivity contribution in [2.75, 3.05) is 9.80 Å². The van der Waals surface area contributed by atoms with Crippen molar-refractivity contribution >= 4 is 46.3 Å². The highest BCUT2D eigenvalue weighted by atomic mass is 15.1. The molecular formula is C91H62N2. The molecule has 0 aliphatic heterocycles. The number of fused-ring (bicyclic) bond motifs is 16. The summed E-state index contributed by atoms with van der Waals surface area (Å²) in [5.74, 6) is 0. The van der Waals surface area contributed by atoms with Crippen LogP contribution in [0.15, 0.2) is 353 Å². The summed E-state index contributed by atoms with van der Waals surface area (Å²) in [5.41, 5.74) is 31.7. The van der Waals surface area contributed by atoms with Crippen LogP contribution in [0.3, 0.4) is 0 Å². The Labute approximate surface area is 544 Å². The molecule has 2 atom stereocenters. The Morgan fingerprint density at radius 2 is 0.430 bits per heavy atom. The summed E-state index contributed by atoms with van der Waals surface area (Å²) in [6, 6.07) is 128. The number of nitrogens with zero attached hydrogens (tertiary/aromatic N) is 2. The van der Waals surface area contributed by atoms with E-state index in [0.29, 0.717) is 0 Å². The third-order valence-electron chi connectivity index (χ3n) is 20.7. The second-order valence-corrected chi connectivity index (χ2v) is 25.1. The second kappa shape index (κ2) is 21.1. The van der Waals surface area contributed by atoms with Gasteiger partial charge in [0.05, 0.1) is 16.2 Å². The minimum absolute atomic E-state index is 0.606. The van der Waals surface area contributed by atoms with Gasteiger partial charge in [0.25, 0.3) is 0 Å². The highest BCUT2D eigenvalue weighted by Crippen LogP contribution is 2.65. The molecule has 0 saturated heterocycles. The Morgan fingerprint density at radius 3 is 0.731 bits per heavy atom. The fraction of sp³-hybridized carbons (Fsp3) is 0.0330. The molecule has 0 saturated carbocycles. The third-order valence-corrected chi connectivity index (χ3v) is 20.7. The molecule has 0 N–H and O–H groups in total. The van der Waals surface area contributed by atoms with Crippen molar-refractivity contribution < 1.29 is 0 Å². The highest BCUT2D eigenvalue weighted by molar-refractivity contribution is 5.99. The fourth-order valence-electron chi connectivity index (χ4n) is 16.9. The minimum Gasteiger partial charge on any atom is -0.310 e. The van der Waals surface area contributed by atoms with E-state index in [9.17, 15) is 0 Å². The molecule has 14 aromatic carbocycles. The summed E-state index contributed by atoms with van der Waals surface area (Å²) in [4.78, 5) is 4.98. The van der Waals surface area contributed by atoms with Crippen molar-refractivity contribution in [2.45, 2.75) is 16.2 Å². The zero-order valence-electron chi connectivity index (χ0n) is 51.3. The van der Waals surface area contributed by atoms with Gasteiger partial charge in [-0.1, -0.05) is 292 Å². The van der Waals surface area contributed by atoms with Gasteiger partial charge in [0.15, 0.2) is 0 Å². The third kappa shape index (κ3) is 7.70. The van der Waals surface area contributed by atoms with Crippen LogP contribution in [0.2, 0.25) is 0 Å². The van der Waals surface area contributed by atoms with Crippen LogP contribution in [0.5, 0.6) is 0 Å². The maximum absolute atomic E-state index is 4.14. The van der Waals surface area contributed by atoms with E-state index in [1.54, 1.807) is 0 Å². The monoisotopic (exact) mass is 1180 g/mol. The lowest BCUT2D eigenvalue weighted by atomic mass is 9.67. The van der Waals surface area contributed by atoms with Crippen LogP contribution in [0.25, 0.3) is 56.7 Å². The molecule has 2 unspecified atom stereocenters. The van der Waals surface area contributed by atoms with Crippen LogP contribution in [0, 0.1) is 0 Å². The normalized spacial score (nSPS) is 17.0. The van der Waals surface area contributed by atoms with Crippen molar-refractivity contribution in [1.82, 2.24) is 0 Å². The van der Waals surface area contributed by atoms with Crippen LogP contribution >= 0.6 is 0 Å². The van der Waals surface area contributed by atoms with Gasteiger partial charge in [-0.2, -0.15) is 0 Å². The van der Waals surface area contributed by atoms with Gasteiger partial charge in [0.1, 0.15) is 0 Å². The predicted octanol–water partition coefficient (Wildman–Crippen LogP) is 23.0. The van der Waals surface area contributed by atoms with Gasteiger partial charge in [-0.25, -0.2) is 0 Å². The first-order valence-electron chi connectivity index (χ1n) is 32.3. The number of hydrogen-bond acceptors (Lipinski definition) is 2. The summed E-state index contributed by atoms with van der Waals surface area (Å²) in [7, 11) is 0. The molecule has 18 rings (SSSR count). The summed E-state index contributed by atoms with van der Waals surface area (Å²) in [6.45, 7) is 8.27. The summed E-state index contributed by atoms with van der Waals surface area (Å²) >= 11 is 0. The van der Waals surface area contributed by atoms with Gasteiger partial charge in [-0.05, 0) is 195 Å². The van der Waals surface area contributed by atoms with Crippen molar-refractivity contribution in [3.8, 4) is 44.5 Å². The van der Waals surface area contributed by atoms with Crippen molar-refractivity contribution in [3.05, 3.63) is 431 Å². The number of rotatable bonds is 12. The van der Waals surface area contributed by atoms with Crippen LogP contribution in [0.4, 0.5) is 34.1 Å². The standard InChI is InChI=1S/C91H62N2/c1-3-61-41-45-65(46-42-61)89(63-25-9-5-10-26-63)81-37-21-17-33-73(81)77-53-49-69(57-85(77)89)92(67-29-13-7-14-30-67)71-51-55-79-75-35-19-23-39-83(75)91(87(79)59-71)84-40-24-20-36-76(84)80-56-52-72(60-88(80)91)93(68-31-15-8-16-32-68)70-50-54-78-74-34-18-22-38-82(74)90(86(78)58-70,64-27-11-6-12-28-64)66-47-43-62(4-2)44-48-66/h3-60H,1-2H2. The molecule has 4 aliphatic carbocycles. The number of hydrogen-bond donors (Lipinski definition) is 0. The van der Waals surface area contributed by atoms with E-state index in [-0.39, 0.29) is 0 Å². The molecule has 2 nitrogen and oxygen atoms in total.